The fourth-order valence-electron chi connectivity index (χ4n) is 1.86. The maximum Gasteiger partial charge on any atom is 0.269 e. The molecule has 2 heterocycles. The second-order valence-electron chi connectivity index (χ2n) is 4.28. The Bertz CT molecular complexity index is 482. The average molecular weight is 259 g/mol. The van der Waals surface area contributed by atoms with Gasteiger partial charge in [0.25, 0.3) is 5.91 Å². The number of hydrogen-bond donors (Lipinski definition) is 2. The van der Waals surface area contributed by atoms with Crippen LogP contribution in [-0.4, -0.2) is 36.7 Å². The van der Waals surface area contributed by atoms with Gasteiger partial charge in [0.15, 0.2) is 0 Å². The van der Waals surface area contributed by atoms with Gasteiger partial charge in [-0.2, -0.15) is 0 Å². The topological polar surface area (TPSA) is 77.2 Å². The van der Waals surface area contributed by atoms with Crippen molar-refractivity contribution in [3.63, 3.8) is 0 Å². The van der Waals surface area contributed by atoms with Gasteiger partial charge < -0.3 is 15.8 Å². The second kappa shape index (κ2) is 6.88. The molecule has 0 aliphatic carbocycles. The van der Waals surface area contributed by atoms with E-state index >= 15 is 0 Å². The van der Waals surface area contributed by atoms with E-state index in [0.29, 0.717) is 18.8 Å². The minimum atomic E-state index is -0.186. The predicted molar refractivity (Wildman–Crippen MR) is 71.5 cm³/mol. The summed E-state index contributed by atoms with van der Waals surface area (Å²) in [5, 5.41) is 2.82. The zero-order valence-electron chi connectivity index (χ0n) is 10.7. The van der Waals surface area contributed by atoms with Gasteiger partial charge in [-0.3, -0.25) is 4.79 Å². The molecule has 1 aliphatic rings. The number of ether oxygens (including phenoxy) is 1. The molecule has 1 saturated heterocycles. The molecule has 2 rings (SSSR count). The lowest BCUT2D eigenvalue weighted by Crippen LogP contribution is -2.32. The van der Waals surface area contributed by atoms with Crippen LogP contribution in [-0.2, 0) is 4.74 Å². The minimum absolute atomic E-state index is 0.138. The van der Waals surface area contributed by atoms with E-state index in [2.05, 4.69) is 22.1 Å². The molecule has 0 spiro atoms. The fraction of sp³-hybridized carbons (Fsp3) is 0.429. The van der Waals surface area contributed by atoms with E-state index in [1.54, 1.807) is 18.3 Å². The van der Waals surface area contributed by atoms with Gasteiger partial charge >= 0.3 is 0 Å². The third-order valence-electron chi connectivity index (χ3n) is 2.85. The molecule has 0 aromatic carbocycles. The van der Waals surface area contributed by atoms with Crippen molar-refractivity contribution < 1.29 is 9.53 Å². The molecule has 1 aromatic heterocycles. The lowest BCUT2D eigenvalue weighted by atomic mass is 10.2. The molecule has 19 heavy (non-hydrogen) atoms. The van der Waals surface area contributed by atoms with Crippen molar-refractivity contribution in [2.75, 3.05) is 19.7 Å². The Morgan fingerprint density at radius 2 is 2.47 bits per heavy atom. The number of nitrogens with one attached hydrogen (secondary N) is 1. The van der Waals surface area contributed by atoms with Gasteiger partial charge in [-0.1, -0.05) is 11.8 Å². The van der Waals surface area contributed by atoms with Crippen molar-refractivity contribution in [1.82, 2.24) is 10.3 Å². The lowest BCUT2D eigenvalue weighted by molar-refractivity contribution is 0.0853. The van der Waals surface area contributed by atoms with Gasteiger partial charge in [-0.15, -0.1) is 0 Å². The van der Waals surface area contributed by atoms with Crippen LogP contribution < -0.4 is 11.1 Å². The van der Waals surface area contributed by atoms with E-state index in [0.717, 1.165) is 25.0 Å². The van der Waals surface area contributed by atoms with E-state index in [-0.39, 0.29) is 12.0 Å². The summed E-state index contributed by atoms with van der Waals surface area (Å²) in [6.45, 7) is 1.63. The zero-order valence-corrected chi connectivity index (χ0v) is 10.7. The van der Waals surface area contributed by atoms with Crippen LogP contribution in [0.25, 0.3) is 0 Å². The highest BCUT2D eigenvalue weighted by Gasteiger charge is 2.16. The van der Waals surface area contributed by atoms with Crippen LogP contribution in [0.15, 0.2) is 18.3 Å². The number of hydrogen-bond acceptors (Lipinski definition) is 4. The molecule has 1 atom stereocenters. The normalized spacial score (nSPS) is 17.6. The molecule has 3 N–H and O–H groups in total. The number of carbonyl (C=O) groups excluding carboxylic acids is 1. The fourth-order valence-corrected chi connectivity index (χ4v) is 1.86. The molecule has 5 nitrogen and oxygen atoms in total. The van der Waals surface area contributed by atoms with Crippen molar-refractivity contribution in [2.24, 2.45) is 5.73 Å². The number of aromatic nitrogens is 1. The summed E-state index contributed by atoms with van der Waals surface area (Å²) >= 11 is 0. The van der Waals surface area contributed by atoms with E-state index in [1.165, 1.54) is 0 Å². The van der Waals surface area contributed by atoms with Crippen molar-refractivity contribution >= 4 is 5.91 Å². The Hall–Kier alpha value is -1.90. The Labute approximate surface area is 112 Å². The first-order valence-corrected chi connectivity index (χ1v) is 6.34. The van der Waals surface area contributed by atoms with Crippen molar-refractivity contribution in [2.45, 2.75) is 18.9 Å². The number of rotatable bonds is 3. The van der Waals surface area contributed by atoms with E-state index in [1.807, 2.05) is 0 Å². The molecule has 0 bridgehead atoms. The van der Waals surface area contributed by atoms with Gasteiger partial charge in [0.2, 0.25) is 0 Å². The summed E-state index contributed by atoms with van der Waals surface area (Å²) in [6, 6.07) is 3.42. The highest BCUT2D eigenvalue weighted by atomic mass is 16.5. The first-order valence-electron chi connectivity index (χ1n) is 6.34. The third kappa shape index (κ3) is 4.05. The molecular weight excluding hydrogens is 242 g/mol. The maximum atomic E-state index is 11.8. The molecule has 0 saturated carbocycles. The molecule has 1 unspecified atom stereocenters. The smallest absolute Gasteiger partial charge is 0.269 e. The molecule has 5 heteroatoms. The summed E-state index contributed by atoms with van der Waals surface area (Å²) in [4.78, 5) is 15.9. The molecule has 1 amide bonds. The molecular formula is C14H17N3O2. The van der Waals surface area contributed by atoms with Gasteiger partial charge in [0.1, 0.15) is 5.69 Å². The monoisotopic (exact) mass is 259 g/mol. The van der Waals surface area contributed by atoms with Crippen LogP contribution in [0.3, 0.4) is 0 Å². The van der Waals surface area contributed by atoms with Crippen LogP contribution in [0, 0.1) is 11.8 Å². The second-order valence-corrected chi connectivity index (χ2v) is 4.28. The molecule has 100 valence electrons. The number of nitrogens with zero attached hydrogens (tertiary/aromatic N) is 1. The van der Waals surface area contributed by atoms with Gasteiger partial charge in [-0.05, 0) is 25.0 Å². The minimum Gasteiger partial charge on any atom is -0.376 e. The highest BCUT2D eigenvalue weighted by molar-refractivity contribution is 5.92. The van der Waals surface area contributed by atoms with Crippen LogP contribution in [0.5, 0.6) is 0 Å². The molecule has 1 aromatic rings. The van der Waals surface area contributed by atoms with Gasteiger partial charge in [-0.25, -0.2) is 4.98 Å². The Kier molecular flexibility index (Phi) is 4.90. The summed E-state index contributed by atoms with van der Waals surface area (Å²) < 4.78 is 5.44. The lowest BCUT2D eigenvalue weighted by Gasteiger charge is -2.10. The molecule has 1 aliphatic heterocycles. The number of amides is 1. The van der Waals surface area contributed by atoms with E-state index < -0.39 is 0 Å². The summed E-state index contributed by atoms with van der Waals surface area (Å²) in [5.74, 6) is 5.41. The van der Waals surface area contributed by atoms with Crippen LogP contribution >= 0.6 is 0 Å². The Morgan fingerprint density at radius 3 is 3.11 bits per heavy atom. The van der Waals surface area contributed by atoms with Crippen LogP contribution in [0.2, 0.25) is 0 Å². The van der Waals surface area contributed by atoms with Crippen LogP contribution in [0.1, 0.15) is 28.9 Å². The summed E-state index contributed by atoms with van der Waals surface area (Å²) in [6.07, 6.45) is 3.77. The van der Waals surface area contributed by atoms with Crippen LogP contribution in [0.4, 0.5) is 0 Å². The summed E-state index contributed by atoms with van der Waals surface area (Å²) in [5.41, 5.74) is 6.42. The molecule has 1 fully saturated rings. The molecule has 0 radical (unpaired) electrons. The maximum absolute atomic E-state index is 11.8. The number of carbonyl (C=O) groups is 1. The Morgan fingerprint density at radius 1 is 1.58 bits per heavy atom. The van der Waals surface area contributed by atoms with Crippen molar-refractivity contribution in [3.8, 4) is 11.8 Å². The van der Waals surface area contributed by atoms with Gasteiger partial charge in [0.05, 0.1) is 12.6 Å². The highest BCUT2D eigenvalue weighted by Crippen LogP contribution is 2.10. The summed E-state index contributed by atoms with van der Waals surface area (Å²) in [7, 11) is 0. The number of pyridine rings is 1. The largest absolute Gasteiger partial charge is 0.376 e. The van der Waals surface area contributed by atoms with Gasteiger partial charge in [0, 0.05) is 24.9 Å². The standard InChI is InChI=1S/C14H17N3O2/c15-7-1-3-11-5-6-13(16-9-11)14(18)17-10-12-4-2-8-19-12/h5-6,9,12H,2,4,7-8,10,15H2,(H,17,18). The average Bonchev–Trinajstić information content (AvgIpc) is 2.96. The predicted octanol–water partition coefficient (Wildman–Crippen LogP) is 0.301. The van der Waals surface area contributed by atoms with Crippen molar-refractivity contribution in [1.29, 1.82) is 0 Å². The Balaban J connectivity index is 1.88. The van der Waals surface area contributed by atoms with E-state index in [4.69, 9.17) is 10.5 Å². The first-order chi connectivity index (χ1) is 9.29. The quantitative estimate of drug-likeness (QED) is 0.765. The number of nitrogens with two attached hydrogens (primary N) is 1. The van der Waals surface area contributed by atoms with E-state index in [9.17, 15) is 4.79 Å². The SMILES string of the molecule is NCC#Cc1ccc(C(=O)NCC2CCCO2)nc1. The van der Waals surface area contributed by atoms with Crippen molar-refractivity contribution in [3.05, 3.63) is 29.6 Å². The first kappa shape index (κ1) is 13.5. The third-order valence-corrected chi connectivity index (χ3v) is 2.85. The zero-order chi connectivity index (χ0) is 13.5.